The second-order valence-electron chi connectivity index (χ2n) is 7.38. The van der Waals surface area contributed by atoms with Gasteiger partial charge < -0.3 is 10.1 Å². The number of carbonyl (C=O) groups is 1. The van der Waals surface area contributed by atoms with Gasteiger partial charge in [-0.25, -0.2) is 4.79 Å². The average Bonchev–Trinajstić information content (AvgIpc) is 3.28. The van der Waals surface area contributed by atoms with Crippen molar-refractivity contribution in [1.29, 1.82) is 0 Å². The highest BCUT2D eigenvalue weighted by Crippen LogP contribution is 2.33. The van der Waals surface area contributed by atoms with Crippen LogP contribution in [0.15, 0.2) is 24.3 Å². The minimum absolute atomic E-state index is 0.415. The molecule has 0 spiro atoms. The first-order valence-corrected chi connectivity index (χ1v) is 8.69. The van der Waals surface area contributed by atoms with E-state index in [1.807, 2.05) is 32.9 Å². The highest BCUT2D eigenvalue weighted by Gasteiger charge is 2.29. The van der Waals surface area contributed by atoms with E-state index in [1.54, 1.807) is 0 Å². The van der Waals surface area contributed by atoms with Crippen molar-refractivity contribution in [3.8, 4) is 0 Å². The zero-order valence-electron chi connectivity index (χ0n) is 14.8. The van der Waals surface area contributed by atoms with Crippen LogP contribution >= 0.6 is 0 Å². The van der Waals surface area contributed by atoms with Crippen LogP contribution in [0.1, 0.15) is 52.5 Å². The number of amides is 1. The monoisotopic (exact) mass is 318 g/mol. The van der Waals surface area contributed by atoms with Gasteiger partial charge in [0.2, 0.25) is 0 Å². The van der Waals surface area contributed by atoms with Crippen molar-refractivity contribution in [2.45, 2.75) is 65.0 Å². The minimum atomic E-state index is -0.479. The van der Waals surface area contributed by atoms with E-state index in [1.165, 1.54) is 24.8 Å². The molecule has 1 amide bonds. The topological polar surface area (TPSA) is 50.4 Å². The van der Waals surface area contributed by atoms with Gasteiger partial charge in [0.1, 0.15) is 5.60 Å². The Labute approximate surface area is 140 Å². The van der Waals surface area contributed by atoms with Crippen molar-refractivity contribution in [1.82, 2.24) is 5.32 Å². The Balaban J connectivity index is 1.74. The van der Waals surface area contributed by atoms with Crippen molar-refractivity contribution < 1.29 is 9.53 Å². The van der Waals surface area contributed by atoms with E-state index >= 15 is 0 Å². The highest BCUT2D eigenvalue weighted by atomic mass is 16.6. The van der Waals surface area contributed by atoms with E-state index in [9.17, 15) is 4.79 Å². The van der Waals surface area contributed by atoms with Crippen LogP contribution in [0.3, 0.4) is 0 Å². The van der Waals surface area contributed by atoms with Gasteiger partial charge in [0.05, 0.1) is 0 Å². The maximum Gasteiger partial charge on any atom is 0.412 e. The highest BCUT2D eigenvalue weighted by molar-refractivity contribution is 5.84. The van der Waals surface area contributed by atoms with Crippen LogP contribution in [0.2, 0.25) is 0 Å². The Morgan fingerprint density at radius 2 is 1.91 bits per heavy atom. The Morgan fingerprint density at radius 3 is 2.43 bits per heavy atom. The molecule has 0 saturated heterocycles. The molecule has 2 N–H and O–H groups in total. The SMILES string of the molecule is CCC(NCCc1ccc(NC(=O)OC(C)(C)C)cc1)C1CC1. The lowest BCUT2D eigenvalue weighted by atomic mass is 10.1. The standard InChI is InChI=1S/C19H30N2O2/c1-5-17(15-8-9-15)20-13-12-14-6-10-16(11-7-14)21-18(22)23-19(2,3)4/h6-7,10-11,15,17,20H,5,8-9,12-13H2,1-4H3,(H,21,22). The minimum Gasteiger partial charge on any atom is -0.444 e. The van der Waals surface area contributed by atoms with Crippen molar-refractivity contribution in [3.05, 3.63) is 29.8 Å². The Morgan fingerprint density at radius 1 is 1.26 bits per heavy atom. The van der Waals surface area contributed by atoms with Crippen LogP contribution in [0.25, 0.3) is 0 Å². The third-order valence-corrected chi connectivity index (χ3v) is 4.05. The molecule has 1 aromatic carbocycles. The summed E-state index contributed by atoms with van der Waals surface area (Å²) < 4.78 is 5.24. The third kappa shape index (κ3) is 6.61. The summed E-state index contributed by atoms with van der Waals surface area (Å²) >= 11 is 0. The predicted molar refractivity (Wildman–Crippen MR) is 94.8 cm³/mol. The second kappa shape index (κ2) is 7.82. The van der Waals surface area contributed by atoms with E-state index in [-0.39, 0.29) is 0 Å². The van der Waals surface area contributed by atoms with Gasteiger partial charge in [0.15, 0.2) is 0 Å². The summed E-state index contributed by atoms with van der Waals surface area (Å²) in [5, 5.41) is 6.42. The number of rotatable bonds is 7. The quantitative estimate of drug-likeness (QED) is 0.785. The maximum absolute atomic E-state index is 11.7. The molecule has 2 rings (SSSR count). The summed E-state index contributed by atoms with van der Waals surface area (Å²) in [7, 11) is 0. The first-order valence-electron chi connectivity index (χ1n) is 8.69. The molecule has 0 radical (unpaired) electrons. The van der Waals surface area contributed by atoms with Gasteiger partial charge in [-0.05, 0) is 76.6 Å². The maximum atomic E-state index is 11.7. The lowest BCUT2D eigenvalue weighted by molar-refractivity contribution is 0.0636. The number of anilines is 1. The first kappa shape index (κ1) is 17.8. The fourth-order valence-electron chi connectivity index (χ4n) is 2.72. The van der Waals surface area contributed by atoms with Gasteiger partial charge in [-0.1, -0.05) is 19.1 Å². The van der Waals surface area contributed by atoms with Gasteiger partial charge in [-0.15, -0.1) is 0 Å². The number of benzene rings is 1. The zero-order chi connectivity index (χ0) is 16.9. The zero-order valence-corrected chi connectivity index (χ0v) is 14.8. The summed E-state index contributed by atoms with van der Waals surface area (Å²) in [6.07, 6.45) is 4.58. The smallest absolute Gasteiger partial charge is 0.412 e. The van der Waals surface area contributed by atoms with Crippen LogP contribution in [-0.4, -0.2) is 24.3 Å². The number of ether oxygens (including phenoxy) is 1. The lowest BCUT2D eigenvalue weighted by Gasteiger charge is -2.19. The van der Waals surface area contributed by atoms with E-state index in [2.05, 4.69) is 29.7 Å². The second-order valence-corrected chi connectivity index (χ2v) is 7.38. The largest absolute Gasteiger partial charge is 0.444 e. The van der Waals surface area contributed by atoms with Crippen LogP contribution < -0.4 is 10.6 Å². The number of hydrogen-bond acceptors (Lipinski definition) is 3. The normalized spacial score (nSPS) is 16.0. The van der Waals surface area contributed by atoms with E-state index in [4.69, 9.17) is 4.74 Å². The molecule has 1 saturated carbocycles. The number of carbonyl (C=O) groups excluding carboxylic acids is 1. The molecule has 1 fully saturated rings. The van der Waals surface area contributed by atoms with Crippen LogP contribution in [0, 0.1) is 5.92 Å². The predicted octanol–water partition coefficient (Wildman–Crippen LogP) is 4.35. The first-order chi connectivity index (χ1) is 10.9. The fourth-order valence-corrected chi connectivity index (χ4v) is 2.72. The van der Waals surface area contributed by atoms with Crippen molar-refractivity contribution in [3.63, 3.8) is 0 Å². The Kier molecular flexibility index (Phi) is 6.05. The van der Waals surface area contributed by atoms with Gasteiger partial charge >= 0.3 is 6.09 Å². The molecule has 128 valence electrons. The molecule has 0 aliphatic heterocycles. The van der Waals surface area contributed by atoms with Crippen molar-refractivity contribution in [2.75, 3.05) is 11.9 Å². The van der Waals surface area contributed by atoms with Gasteiger partial charge in [0.25, 0.3) is 0 Å². The molecule has 4 heteroatoms. The van der Waals surface area contributed by atoms with E-state index in [0.29, 0.717) is 6.04 Å². The molecule has 1 aliphatic carbocycles. The van der Waals surface area contributed by atoms with Crippen LogP contribution in [0.5, 0.6) is 0 Å². The molecular weight excluding hydrogens is 288 g/mol. The summed E-state index contributed by atoms with van der Waals surface area (Å²) in [5.74, 6) is 0.903. The third-order valence-electron chi connectivity index (χ3n) is 4.05. The summed E-state index contributed by atoms with van der Waals surface area (Å²) in [6.45, 7) is 8.83. The van der Waals surface area contributed by atoms with Gasteiger partial charge in [-0.3, -0.25) is 5.32 Å². The van der Waals surface area contributed by atoms with Crippen LogP contribution in [-0.2, 0) is 11.2 Å². The fraction of sp³-hybridized carbons (Fsp3) is 0.632. The lowest BCUT2D eigenvalue weighted by Crippen LogP contribution is -2.32. The molecule has 0 heterocycles. The molecule has 4 nitrogen and oxygen atoms in total. The average molecular weight is 318 g/mol. The van der Waals surface area contributed by atoms with E-state index in [0.717, 1.165) is 24.6 Å². The van der Waals surface area contributed by atoms with Gasteiger partial charge in [-0.2, -0.15) is 0 Å². The molecule has 1 aliphatic rings. The van der Waals surface area contributed by atoms with Crippen molar-refractivity contribution >= 4 is 11.8 Å². The summed E-state index contributed by atoms with van der Waals surface area (Å²) in [5.41, 5.74) is 1.56. The van der Waals surface area contributed by atoms with Crippen molar-refractivity contribution in [2.24, 2.45) is 5.92 Å². The summed E-state index contributed by atoms with van der Waals surface area (Å²) in [4.78, 5) is 11.7. The Bertz CT molecular complexity index is 501. The molecule has 23 heavy (non-hydrogen) atoms. The number of hydrogen-bond donors (Lipinski definition) is 2. The molecule has 1 aromatic rings. The molecule has 1 atom stereocenters. The molecule has 1 unspecified atom stereocenters. The van der Waals surface area contributed by atoms with Crippen LogP contribution in [0.4, 0.5) is 10.5 Å². The molecular formula is C19H30N2O2. The van der Waals surface area contributed by atoms with E-state index < -0.39 is 11.7 Å². The molecule has 0 aromatic heterocycles. The van der Waals surface area contributed by atoms with Gasteiger partial charge in [0, 0.05) is 11.7 Å². The summed E-state index contributed by atoms with van der Waals surface area (Å²) in [6, 6.07) is 8.66. The Hall–Kier alpha value is -1.55. The number of nitrogens with one attached hydrogen (secondary N) is 2. The molecule has 0 bridgehead atoms.